The molecule has 1 saturated heterocycles. The summed E-state index contributed by atoms with van der Waals surface area (Å²) in [7, 11) is 0. The van der Waals surface area contributed by atoms with Crippen LogP contribution in [0.2, 0.25) is 0 Å². The highest BCUT2D eigenvalue weighted by molar-refractivity contribution is 5.78. The van der Waals surface area contributed by atoms with Gasteiger partial charge in [-0.3, -0.25) is 9.69 Å². The van der Waals surface area contributed by atoms with Crippen molar-refractivity contribution < 1.29 is 37.3 Å². The van der Waals surface area contributed by atoms with E-state index in [0.717, 1.165) is 73.8 Å². The van der Waals surface area contributed by atoms with Crippen LogP contribution < -0.4 is 20.1 Å². The molecular formula is C35H39F3N6O5. The molecule has 1 aromatic heterocycles. The molecule has 2 fully saturated rings. The second kappa shape index (κ2) is 14.5. The van der Waals surface area contributed by atoms with Gasteiger partial charge in [-0.1, -0.05) is 12.1 Å². The maximum absolute atomic E-state index is 12.4. The fourth-order valence-corrected chi connectivity index (χ4v) is 6.85. The lowest BCUT2D eigenvalue weighted by Gasteiger charge is -2.37. The zero-order valence-electron chi connectivity index (χ0n) is 27.0. The summed E-state index contributed by atoms with van der Waals surface area (Å²) in [5.41, 5.74) is 9.64. The number of benzene rings is 2. The molecule has 0 atom stereocenters. The zero-order valence-corrected chi connectivity index (χ0v) is 27.0. The first kappa shape index (κ1) is 34.3. The number of hydrogen-bond donors (Lipinski definition) is 2. The summed E-state index contributed by atoms with van der Waals surface area (Å²) in [5.74, 6) is 0.726. The van der Waals surface area contributed by atoms with Gasteiger partial charge in [-0.25, -0.2) is 4.98 Å². The molecule has 0 radical (unpaired) electrons. The number of halogens is 3. The number of nitrogens with two attached hydrogens (primary N) is 1. The van der Waals surface area contributed by atoms with Crippen molar-refractivity contribution in [2.24, 2.45) is 11.3 Å². The van der Waals surface area contributed by atoms with Crippen LogP contribution in [0, 0.1) is 22.7 Å². The quantitative estimate of drug-likeness (QED) is 0.257. The van der Waals surface area contributed by atoms with Crippen LogP contribution in [0.25, 0.3) is 11.3 Å². The van der Waals surface area contributed by atoms with E-state index >= 15 is 0 Å². The normalized spacial score (nSPS) is 20.9. The van der Waals surface area contributed by atoms with E-state index in [0.29, 0.717) is 50.2 Å². The van der Waals surface area contributed by atoms with Crippen molar-refractivity contribution in [1.29, 1.82) is 5.26 Å². The van der Waals surface area contributed by atoms with Gasteiger partial charge in [-0.2, -0.15) is 10.2 Å². The van der Waals surface area contributed by atoms with Crippen molar-refractivity contribution in [2.45, 2.75) is 51.5 Å². The largest absolute Gasteiger partial charge is 0.573 e. The Morgan fingerprint density at radius 1 is 1.04 bits per heavy atom. The average Bonchev–Trinajstić information content (AvgIpc) is 3.09. The zero-order chi connectivity index (χ0) is 34.6. The smallest absolute Gasteiger partial charge is 0.489 e. The Kier molecular flexibility index (Phi) is 10.1. The highest BCUT2D eigenvalue weighted by atomic mass is 19.4. The Labute approximate surface area is 282 Å². The minimum Gasteiger partial charge on any atom is -0.489 e. The van der Waals surface area contributed by atoms with Crippen LogP contribution in [0.4, 0.5) is 24.9 Å². The lowest BCUT2D eigenvalue weighted by molar-refractivity contribution is -0.274. The first-order valence-corrected chi connectivity index (χ1v) is 16.5. The molecule has 260 valence electrons. The van der Waals surface area contributed by atoms with Gasteiger partial charge in [0.25, 0.3) is 0 Å². The number of nitrogens with zero attached hydrogens (tertiary/aromatic N) is 5. The van der Waals surface area contributed by atoms with Crippen molar-refractivity contribution in [3.8, 4) is 28.8 Å². The number of nitrogen functional groups attached to an aromatic ring is 1. The van der Waals surface area contributed by atoms with Gasteiger partial charge in [0, 0.05) is 50.5 Å². The highest BCUT2D eigenvalue weighted by Crippen LogP contribution is 2.40. The van der Waals surface area contributed by atoms with Crippen LogP contribution in [-0.2, 0) is 29.0 Å². The summed E-state index contributed by atoms with van der Waals surface area (Å²) < 4.78 is 53.2. The van der Waals surface area contributed by atoms with Crippen LogP contribution in [0.3, 0.4) is 0 Å². The second-order valence-electron chi connectivity index (χ2n) is 12.9. The van der Waals surface area contributed by atoms with Crippen LogP contribution in [0.15, 0.2) is 42.5 Å². The van der Waals surface area contributed by atoms with Crippen molar-refractivity contribution in [1.82, 2.24) is 14.9 Å². The van der Waals surface area contributed by atoms with Gasteiger partial charge in [-0.05, 0) is 85.9 Å². The third-order valence-corrected chi connectivity index (χ3v) is 9.70. The van der Waals surface area contributed by atoms with Crippen molar-refractivity contribution in [3.05, 3.63) is 59.2 Å². The number of aliphatic carboxylic acids is 1. The van der Waals surface area contributed by atoms with E-state index in [4.69, 9.17) is 15.2 Å². The minimum atomic E-state index is -4.73. The van der Waals surface area contributed by atoms with Crippen LogP contribution in [-0.4, -0.2) is 78.2 Å². The van der Waals surface area contributed by atoms with Gasteiger partial charge in [-0.15, -0.1) is 13.2 Å². The average molecular weight is 681 g/mol. The summed E-state index contributed by atoms with van der Waals surface area (Å²) in [6, 6.07) is 13.4. The van der Waals surface area contributed by atoms with Gasteiger partial charge in [0.1, 0.15) is 23.9 Å². The van der Waals surface area contributed by atoms with Gasteiger partial charge in [0.05, 0.1) is 18.4 Å². The van der Waals surface area contributed by atoms with E-state index in [2.05, 4.69) is 24.5 Å². The number of aryl methyl sites for hydroxylation is 1. The standard InChI is InChI=1S/C35H39F3N6O5/c36-35(37,38)49-26-4-1-23(2-5-26)21-48-27-6-8-28-25(19-27)3-7-29-30(28)41-33(40)42-31(29)44-15-13-43(14-16-44)17-18-47-20-24-9-11-34(22-39,12-10-24)32(45)46/h1-2,4-6,8,19,24H,3,7,9-18,20-21H2,(H,45,46)(H2,40,41,42). The predicted octanol–water partition coefficient (Wildman–Crippen LogP) is 5.23. The maximum atomic E-state index is 12.4. The molecule has 49 heavy (non-hydrogen) atoms. The first-order chi connectivity index (χ1) is 23.5. The number of carbonyl (C=O) groups is 1. The van der Waals surface area contributed by atoms with Crippen molar-refractivity contribution in [2.75, 3.05) is 56.6 Å². The van der Waals surface area contributed by atoms with Gasteiger partial charge >= 0.3 is 12.3 Å². The maximum Gasteiger partial charge on any atom is 0.573 e. The monoisotopic (exact) mass is 680 g/mol. The summed E-state index contributed by atoms with van der Waals surface area (Å²) in [6.45, 7) is 5.46. The van der Waals surface area contributed by atoms with E-state index < -0.39 is 17.7 Å². The summed E-state index contributed by atoms with van der Waals surface area (Å²) in [6.07, 6.45) is -1.08. The highest BCUT2D eigenvalue weighted by Gasteiger charge is 2.42. The molecule has 0 bridgehead atoms. The molecule has 3 aromatic rings. The molecule has 2 heterocycles. The SMILES string of the molecule is N#CC1(C(=O)O)CCC(COCCN2CCN(c3nc(N)nc4c3CCc3cc(OCc5ccc(OC(F)(F)F)cc5)ccc3-4)CC2)CC1. The van der Waals surface area contributed by atoms with Crippen LogP contribution in [0.1, 0.15) is 42.4 Å². The van der Waals surface area contributed by atoms with Gasteiger partial charge in [0.15, 0.2) is 5.41 Å². The second-order valence-corrected chi connectivity index (χ2v) is 12.9. The molecule has 14 heteroatoms. The Morgan fingerprint density at radius 2 is 1.76 bits per heavy atom. The third-order valence-electron chi connectivity index (χ3n) is 9.70. The third kappa shape index (κ3) is 8.17. The number of carboxylic acid groups (broad SMARTS) is 1. The molecule has 3 N–H and O–H groups in total. The van der Waals surface area contributed by atoms with E-state index in [1.807, 2.05) is 24.3 Å². The van der Waals surface area contributed by atoms with Gasteiger partial charge < -0.3 is 30.0 Å². The van der Waals surface area contributed by atoms with E-state index in [1.54, 1.807) is 0 Å². The summed E-state index contributed by atoms with van der Waals surface area (Å²) >= 11 is 0. The molecule has 0 spiro atoms. The predicted molar refractivity (Wildman–Crippen MR) is 174 cm³/mol. The number of rotatable bonds is 11. The van der Waals surface area contributed by atoms with Crippen molar-refractivity contribution in [3.63, 3.8) is 0 Å². The first-order valence-electron chi connectivity index (χ1n) is 16.5. The molecule has 2 aromatic carbocycles. The summed E-state index contributed by atoms with van der Waals surface area (Å²) in [4.78, 5) is 25.4. The summed E-state index contributed by atoms with van der Waals surface area (Å²) in [5, 5.41) is 18.7. The van der Waals surface area contributed by atoms with Crippen LogP contribution >= 0.6 is 0 Å². The number of anilines is 2. The number of carboxylic acids is 1. The van der Waals surface area contributed by atoms with E-state index in [9.17, 15) is 28.3 Å². The fourth-order valence-electron chi connectivity index (χ4n) is 6.85. The lowest BCUT2D eigenvalue weighted by Crippen LogP contribution is -2.48. The number of fused-ring (bicyclic) bond motifs is 3. The number of nitriles is 1. The topological polar surface area (TPSA) is 147 Å². The van der Waals surface area contributed by atoms with Crippen LogP contribution in [0.5, 0.6) is 11.5 Å². The van der Waals surface area contributed by atoms with Gasteiger partial charge in [0.2, 0.25) is 5.95 Å². The molecule has 0 unspecified atom stereocenters. The number of alkyl halides is 3. The Bertz CT molecular complexity index is 1680. The molecule has 6 rings (SSSR count). The Morgan fingerprint density at radius 3 is 2.43 bits per heavy atom. The Balaban J connectivity index is 0.997. The molecular weight excluding hydrogens is 641 g/mol. The molecule has 0 amide bonds. The molecule has 11 nitrogen and oxygen atoms in total. The number of hydrogen-bond acceptors (Lipinski definition) is 10. The molecule has 3 aliphatic rings. The number of aromatic nitrogens is 2. The lowest BCUT2D eigenvalue weighted by atomic mass is 9.71. The molecule has 1 aliphatic heterocycles. The molecule has 1 saturated carbocycles. The van der Waals surface area contributed by atoms with Crippen molar-refractivity contribution >= 4 is 17.7 Å². The minimum absolute atomic E-state index is 0.193. The fraction of sp³-hybridized carbons (Fsp3) is 0.486. The van der Waals surface area contributed by atoms with E-state index in [-0.39, 0.29) is 24.2 Å². The van der Waals surface area contributed by atoms with E-state index in [1.165, 1.54) is 24.3 Å². The number of piperazine rings is 1. The Hall–Kier alpha value is -4.61. The number of ether oxygens (including phenoxy) is 3. The molecule has 2 aliphatic carbocycles.